The van der Waals surface area contributed by atoms with Gasteiger partial charge in [0, 0.05) is 30.8 Å². The molecule has 0 unspecified atom stereocenters. The first-order chi connectivity index (χ1) is 17.2. The molecule has 36 heavy (non-hydrogen) atoms. The van der Waals surface area contributed by atoms with Crippen LogP contribution in [0, 0.1) is 16.0 Å². The zero-order valence-corrected chi connectivity index (χ0v) is 21.1. The summed E-state index contributed by atoms with van der Waals surface area (Å²) in [7, 11) is 0. The molecule has 188 valence electrons. The van der Waals surface area contributed by atoms with Crippen molar-refractivity contribution in [1.29, 1.82) is 0 Å². The van der Waals surface area contributed by atoms with E-state index in [1.54, 1.807) is 36.4 Å². The normalized spacial score (nSPS) is 13.9. The lowest BCUT2D eigenvalue weighted by molar-refractivity contribution is -0.384. The molecule has 4 rings (SSSR count). The van der Waals surface area contributed by atoms with E-state index in [-0.39, 0.29) is 23.0 Å². The average molecular weight is 529 g/mol. The summed E-state index contributed by atoms with van der Waals surface area (Å²) in [4.78, 5) is 26.1. The molecule has 0 radical (unpaired) electrons. The Hall–Kier alpha value is -3.47. The van der Waals surface area contributed by atoms with Crippen molar-refractivity contribution in [3.63, 3.8) is 0 Å². The molecule has 0 spiro atoms. The highest BCUT2D eigenvalue weighted by atomic mass is 35.5. The topological polar surface area (TPSA) is 121 Å². The van der Waals surface area contributed by atoms with Crippen molar-refractivity contribution >= 4 is 51.9 Å². The first-order valence-corrected chi connectivity index (χ1v) is 12.2. The van der Waals surface area contributed by atoms with Gasteiger partial charge in [0.1, 0.15) is 18.1 Å². The van der Waals surface area contributed by atoms with Crippen molar-refractivity contribution in [3.8, 4) is 11.3 Å². The Balaban J connectivity index is 1.53. The number of benzene rings is 2. The fraction of sp³-hybridized carbons (Fsp3) is 0.280. The molecule has 1 aliphatic heterocycles. The zero-order chi connectivity index (χ0) is 25.8. The minimum atomic E-state index is -0.560. The monoisotopic (exact) mass is 528 g/mol. The fourth-order valence-corrected chi connectivity index (χ4v) is 4.43. The lowest BCUT2D eigenvalue weighted by Gasteiger charge is -2.33. The van der Waals surface area contributed by atoms with Crippen LogP contribution in [-0.4, -0.2) is 34.1 Å². The number of carbonyl (C=O) groups excluding carboxylic acids is 1. The number of hydrogen-bond donors (Lipinski definition) is 3. The van der Waals surface area contributed by atoms with Crippen molar-refractivity contribution in [2.75, 3.05) is 23.3 Å². The van der Waals surface area contributed by atoms with Crippen LogP contribution in [0.4, 0.5) is 17.1 Å². The number of thiocarbonyl (C=S) groups is 1. The minimum absolute atomic E-state index is 0.0146. The quantitative estimate of drug-likeness (QED) is 0.222. The Kier molecular flexibility index (Phi) is 7.88. The Morgan fingerprint density at radius 2 is 1.97 bits per heavy atom. The van der Waals surface area contributed by atoms with Gasteiger partial charge < -0.3 is 19.7 Å². The summed E-state index contributed by atoms with van der Waals surface area (Å²) in [6.07, 6.45) is 1.95. The second-order valence-electron chi connectivity index (χ2n) is 8.66. The maximum atomic E-state index is 13.2. The third-order valence-electron chi connectivity index (χ3n) is 6.10. The SMILES string of the molecule is CC1CCN(c2ccc([N+](=O)[O-])cc2C(=O)NC(=S)Nc2cc(-c3ccc(CO)o3)ccc2Cl)CC1. The van der Waals surface area contributed by atoms with Crippen molar-refractivity contribution in [1.82, 2.24) is 5.32 Å². The van der Waals surface area contributed by atoms with E-state index in [0.29, 0.717) is 39.4 Å². The molecule has 0 saturated carbocycles. The second-order valence-corrected chi connectivity index (χ2v) is 9.47. The van der Waals surface area contributed by atoms with Crippen molar-refractivity contribution in [3.05, 3.63) is 75.0 Å². The molecule has 0 bridgehead atoms. The summed E-state index contributed by atoms with van der Waals surface area (Å²) in [6.45, 7) is 3.48. The van der Waals surface area contributed by atoms with Gasteiger partial charge >= 0.3 is 0 Å². The number of aliphatic hydroxyl groups excluding tert-OH is 1. The van der Waals surface area contributed by atoms with Crippen molar-refractivity contribution in [2.24, 2.45) is 5.92 Å². The van der Waals surface area contributed by atoms with Gasteiger partial charge in [0.05, 0.1) is 26.9 Å². The number of rotatable bonds is 6. The molecule has 1 fully saturated rings. The van der Waals surface area contributed by atoms with Gasteiger partial charge in [-0.2, -0.15) is 0 Å². The molecule has 9 nitrogen and oxygen atoms in total. The third kappa shape index (κ3) is 5.84. The average Bonchev–Trinajstić information content (AvgIpc) is 3.35. The highest BCUT2D eigenvalue weighted by Gasteiger charge is 2.24. The van der Waals surface area contributed by atoms with Gasteiger partial charge in [-0.05, 0) is 67.4 Å². The number of furan rings is 1. The number of non-ortho nitro benzene ring substituents is 1. The number of amides is 1. The van der Waals surface area contributed by atoms with E-state index in [1.165, 1.54) is 12.1 Å². The highest BCUT2D eigenvalue weighted by molar-refractivity contribution is 7.80. The predicted molar refractivity (Wildman–Crippen MR) is 142 cm³/mol. The van der Waals surface area contributed by atoms with E-state index >= 15 is 0 Å². The molecule has 0 aliphatic carbocycles. The van der Waals surface area contributed by atoms with Crippen LogP contribution >= 0.6 is 23.8 Å². The number of anilines is 2. The smallest absolute Gasteiger partial charge is 0.270 e. The van der Waals surface area contributed by atoms with Crippen LogP contribution in [0.25, 0.3) is 11.3 Å². The molecule has 1 aromatic heterocycles. The predicted octanol–water partition coefficient (Wildman–Crippen LogP) is 5.36. The van der Waals surface area contributed by atoms with Crippen molar-refractivity contribution < 1.29 is 19.2 Å². The van der Waals surface area contributed by atoms with E-state index in [2.05, 4.69) is 22.5 Å². The van der Waals surface area contributed by atoms with Crippen LogP contribution < -0.4 is 15.5 Å². The standard InChI is InChI=1S/C25H25ClN4O5S/c1-15-8-10-29(11-9-15)22-6-3-17(30(33)34)13-19(22)24(32)28-25(36)27-21-12-16(2-5-20(21)26)23-7-4-18(14-31)35-23/h2-7,12-13,15,31H,8-11,14H2,1H3,(H2,27,28,32,36). The number of piperidine rings is 1. The minimum Gasteiger partial charge on any atom is -0.459 e. The second kappa shape index (κ2) is 11.1. The summed E-state index contributed by atoms with van der Waals surface area (Å²) < 4.78 is 5.57. The molecule has 2 aromatic carbocycles. The van der Waals surface area contributed by atoms with E-state index in [0.717, 1.165) is 25.9 Å². The number of nitro groups is 1. The van der Waals surface area contributed by atoms with Gasteiger partial charge in [-0.3, -0.25) is 20.2 Å². The summed E-state index contributed by atoms with van der Waals surface area (Å²) >= 11 is 11.7. The number of nitrogens with zero attached hydrogens (tertiary/aromatic N) is 2. The number of aliphatic hydroxyl groups is 1. The Morgan fingerprint density at radius 3 is 2.64 bits per heavy atom. The lowest BCUT2D eigenvalue weighted by Crippen LogP contribution is -2.37. The molecule has 1 amide bonds. The van der Waals surface area contributed by atoms with Gasteiger partial charge in [0.2, 0.25) is 0 Å². The number of halogens is 1. The van der Waals surface area contributed by atoms with E-state index in [4.69, 9.17) is 28.2 Å². The summed E-state index contributed by atoms with van der Waals surface area (Å²) in [5.41, 5.74) is 1.76. The lowest BCUT2D eigenvalue weighted by atomic mass is 9.98. The maximum absolute atomic E-state index is 13.2. The Labute approximate surface area is 218 Å². The first kappa shape index (κ1) is 25.6. The van der Waals surface area contributed by atoms with Crippen LogP contribution in [0.3, 0.4) is 0 Å². The van der Waals surface area contributed by atoms with Crippen LogP contribution in [0.15, 0.2) is 52.9 Å². The van der Waals surface area contributed by atoms with Gasteiger partial charge in [0.25, 0.3) is 11.6 Å². The van der Waals surface area contributed by atoms with Crippen LogP contribution in [-0.2, 0) is 6.61 Å². The van der Waals surface area contributed by atoms with Crippen LogP contribution in [0.5, 0.6) is 0 Å². The fourth-order valence-electron chi connectivity index (χ4n) is 4.06. The largest absolute Gasteiger partial charge is 0.459 e. The summed E-state index contributed by atoms with van der Waals surface area (Å²) in [5.74, 6) is 0.986. The van der Waals surface area contributed by atoms with Gasteiger partial charge in [-0.25, -0.2) is 0 Å². The molecule has 3 aromatic rings. The Morgan fingerprint density at radius 1 is 1.22 bits per heavy atom. The molecular formula is C25H25ClN4O5S. The molecule has 1 aliphatic rings. The number of carbonyl (C=O) groups is 1. The molecule has 11 heteroatoms. The zero-order valence-electron chi connectivity index (χ0n) is 19.5. The maximum Gasteiger partial charge on any atom is 0.270 e. The first-order valence-electron chi connectivity index (χ1n) is 11.4. The number of nitro benzene ring substituents is 1. The van der Waals surface area contributed by atoms with E-state index in [1.807, 2.05) is 0 Å². The molecule has 1 saturated heterocycles. The Bertz CT molecular complexity index is 1300. The summed E-state index contributed by atoms with van der Waals surface area (Å²) in [5, 5.41) is 26.5. The van der Waals surface area contributed by atoms with E-state index < -0.39 is 10.8 Å². The number of hydrogen-bond acceptors (Lipinski definition) is 7. The summed E-state index contributed by atoms with van der Waals surface area (Å²) in [6, 6.07) is 12.8. The molecule has 3 N–H and O–H groups in total. The van der Waals surface area contributed by atoms with Crippen LogP contribution in [0.1, 0.15) is 35.9 Å². The molecular weight excluding hydrogens is 504 g/mol. The molecule has 2 heterocycles. The van der Waals surface area contributed by atoms with Gasteiger partial charge in [0.15, 0.2) is 5.11 Å². The van der Waals surface area contributed by atoms with E-state index in [9.17, 15) is 20.0 Å². The van der Waals surface area contributed by atoms with Gasteiger partial charge in [-0.15, -0.1) is 0 Å². The highest BCUT2D eigenvalue weighted by Crippen LogP contribution is 2.31. The van der Waals surface area contributed by atoms with Crippen LogP contribution in [0.2, 0.25) is 5.02 Å². The van der Waals surface area contributed by atoms with Gasteiger partial charge in [-0.1, -0.05) is 18.5 Å². The number of nitrogens with one attached hydrogen (secondary N) is 2. The van der Waals surface area contributed by atoms with Crippen molar-refractivity contribution in [2.45, 2.75) is 26.4 Å². The third-order valence-corrected chi connectivity index (χ3v) is 6.64. The molecule has 0 atom stereocenters.